The average Bonchev–Trinajstić information content (AvgIpc) is 3.07. The van der Waals surface area contributed by atoms with Crippen molar-refractivity contribution in [2.24, 2.45) is 0 Å². The van der Waals surface area contributed by atoms with E-state index in [2.05, 4.69) is 5.32 Å². The monoisotopic (exact) mass is 473 g/mol. The Balaban J connectivity index is 1.95. The Morgan fingerprint density at radius 3 is 2.27 bits per heavy atom. The minimum atomic E-state index is -4.07. The second-order valence-corrected chi connectivity index (χ2v) is 9.63. The van der Waals surface area contributed by atoms with Gasteiger partial charge >= 0.3 is 0 Å². The lowest BCUT2D eigenvalue weighted by molar-refractivity contribution is -0.122. The minimum absolute atomic E-state index is 0.0157. The van der Waals surface area contributed by atoms with E-state index in [1.165, 1.54) is 50.4 Å². The molecule has 0 radical (unpaired) electrons. The second kappa shape index (κ2) is 9.72. The number of carbonyl (C=O) groups excluding carboxylic acids is 3. The fourth-order valence-electron chi connectivity index (χ4n) is 3.74. The van der Waals surface area contributed by atoms with Gasteiger partial charge in [-0.1, -0.05) is 6.92 Å². The van der Waals surface area contributed by atoms with E-state index in [1.807, 2.05) is 6.92 Å². The molecule has 1 heterocycles. The number of anilines is 2. The largest absolute Gasteiger partial charge is 0.497 e. The van der Waals surface area contributed by atoms with E-state index in [9.17, 15) is 22.8 Å². The van der Waals surface area contributed by atoms with Gasteiger partial charge in [-0.05, 0) is 61.9 Å². The molecule has 3 rings (SSSR count). The van der Waals surface area contributed by atoms with Gasteiger partial charge in [0.1, 0.15) is 11.8 Å². The van der Waals surface area contributed by atoms with Crippen molar-refractivity contribution < 1.29 is 27.5 Å². The number of amides is 3. The van der Waals surface area contributed by atoms with Crippen molar-refractivity contribution in [2.75, 3.05) is 17.3 Å². The van der Waals surface area contributed by atoms with Crippen molar-refractivity contribution in [3.63, 3.8) is 0 Å². The van der Waals surface area contributed by atoms with Gasteiger partial charge in [0.25, 0.3) is 5.91 Å². The van der Waals surface area contributed by atoms with Gasteiger partial charge in [0.2, 0.25) is 21.8 Å². The number of nitrogens with one attached hydrogen (secondary N) is 1. The molecule has 33 heavy (non-hydrogen) atoms. The summed E-state index contributed by atoms with van der Waals surface area (Å²) in [5.41, 5.74) is 0.831. The van der Waals surface area contributed by atoms with E-state index in [0.717, 1.165) is 9.21 Å². The second-order valence-electron chi connectivity index (χ2n) is 7.78. The first-order chi connectivity index (χ1) is 15.6. The van der Waals surface area contributed by atoms with E-state index in [4.69, 9.17) is 4.74 Å². The number of nitrogens with zero attached hydrogens (tertiary/aromatic N) is 2. The van der Waals surface area contributed by atoms with E-state index < -0.39 is 33.9 Å². The molecule has 2 aromatic carbocycles. The molecule has 3 amide bonds. The molecule has 2 unspecified atom stereocenters. The average molecular weight is 474 g/mol. The van der Waals surface area contributed by atoms with Crippen LogP contribution in [0.25, 0.3) is 0 Å². The van der Waals surface area contributed by atoms with Gasteiger partial charge in [0.05, 0.1) is 24.1 Å². The summed E-state index contributed by atoms with van der Waals surface area (Å²) in [6.45, 7) is 4.91. The predicted molar refractivity (Wildman–Crippen MR) is 123 cm³/mol. The number of rotatable bonds is 8. The van der Waals surface area contributed by atoms with Crippen LogP contribution in [0.1, 0.15) is 33.6 Å². The van der Waals surface area contributed by atoms with Crippen molar-refractivity contribution in [1.29, 1.82) is 0 Å². The van der Waals surface area contributed by atoms with Gasteiger partial charge in [-0.3, -0.25) is 14.4 Å². The Morgan fingerprint density at radius 1 is 1.15 bits per heavy atom. The molecule has 2 atom stereocenters. The third-order valence-corrected chi connectivity index (χ3v) is 7.57. The Kier molecular flexibility index (Phi) is 7.19. The molecule has 1 N–H and O–H groups in total. The summed E-state index contributed by atoms with van der Waals surface area (Å²) in [6, 6.07) is 10.5. The zero-order valence-corrected chi connectivity index (χ0v) is 19.8. The number of carbonyl (C=O) groups is 3. The zero-order valence-electron chi connectivity index (χ0n) is 18.9. The van der Waals surface area contributed by atoms with E-state index in [0.29, 0.717) is 23.5 Å². The van der Waals surface area contributed by atoms with Crippen molar-refractivity contribution >= 4 is 39.1 Å². The first-order valence-electron chi connectivity index (χ1n) is 10.5. The van der Waals surface area contributed by atoms with Crippen LogP contribution in [0.5, 0.6) is 5.75 Å². The van der Waals surface area contributed by atoms with Crippen molar-refractivity contribution in [1.82, 2.24) is 4.31 Å². The molecule has 0 spiro atoms. The third kappa shape index (κ3) is 4.91. The zero-order chi connectivity index (χ0) is 24.3. The lowest BCUT2D eigenvalue weighted by Crippen LogP contribution is -2.49. The highest BCUT2D eigenvalue weighted by Gasteiger charge is 2.48. The van der Waals surface area contributed by atoms with Crippen molar-refractivity contribution in [3.05, 3.63) is 48.5 Å². The molecule has 2 aromatic rings. The van der Waals surface area contributed by atoms with Gasteiger partial charge in [-0.25, -0.2) is 13.3 Å². The first kappa shape index (κ1) is 24.4. The fraction of sp³-hybridized carbons (Fsp3) is 0.348. The molecule has 1 aliphatic heterocycles. The summed E-state index contributed by atoms with van der Waals surface area (Å²) in [5, 5.41) is 2.62. The van der Waals surface area contributed by atoms with E-state index in [-0.39, 0.29) is 17.2 Å². The molecule has 0 saturated carbocycles. The Morgan fingerprint density at radius 2 is 1.76 bits per heavy atom. The fourth-order valence-corrected chi connectivity index (χ4v) is 5.59. The minimum Gasteiger partial charge on any atom is -0.497 e. The number of hydrogen-bond donors (Lipinski definition) is 1. The maximum Gasteiger partial charge on any atom is 0.252 e. The predicted octanol–water partition coefficient (Wildman–Crippen LogP) is 2.77. The van der Waals surface area contributed by atoms with Gasteiger partial charge in [0, 0.05) is 18.7 Å². The number of hydrogen-bond acceptors (Lipinski definition) is 6. The lowest BCUT2D eigenvalue weighted by Gasteiger charge is -2.31. The smallest absolute Gasteiger partial charge is 0.252 e. The van der Waals surface area contributed by atoms with Crippen LogP contribution < -0.4 is 15.0 Å². The molecular weight excluding hydrogens is 446 g/mol. The van der Waals surface area contributed by atoms with Crippen LogP contribution in [0.4, 0.5) is 11.4 Å². The van der Waals surface area contributed by atoms with Crippen LogP contribution in [0.2, 0.25) is 0 Å². The van der Waals surface area contributed by atoms with Gasteiger partial charge < -0.3 is 10.1 Å². The highest BCUT2D eigenvalue weighted by molar-refractivity contribution is 7.89. The third-order valence-electron chi connectivity index (χ3n) is 5.54. The van der Waals surface area contributed by atoms with Gasteiger partial charge in [-0.2, -0.15) is 4.31 Å². The summed E-state index contributed by atoms with van der Waals surface area (Å²) in [4.78, 5) is 38.4. The Bertz CT molecular complexity index is 1150. The molecule has 176 valence electrons. The van der Waals surface area contributed by atoms with Crippen LogP contribution in [-0.2, 0) is 24.4 Å². The molecule has 1 fully saturated rings. The molecule has 1 aliphatic rings. The van der Waals surface area contributed by atoms with E-state index >= 15 is 0 Å². The molecule has 1 saturated heterocycles. The Labute approximate surface area is 193 Å². The van der Waals surface area contributed by atoms with Gasteiger partial charge in [-0.15, -0.1) is 0 Å². The Hall–Kier alpha value is -3.24. The summed E-state index contributed by atoms with van der Waals surface area (Å²) in [6.07, 6.45) is 0.199. The van der Waals surface area contributed by atoms with Crippen LogP contribution in [0.15, 0.2) is 53.4 Å². The van der Waals surface area contributed by atoms with Crippen molar-refractivity contribution in [2.45, 2.75) is 50.6 Å². The van der Waals surface area contributed by atoms with E-state index in [1.54, 1.807) is 19.1 Å². The van der Waals surface area contributed by atoms with Crippen LogP contribution in [0.3, 0.4) is 0 Å². The van der Waals surface area contributed by atoms with Crippen LogP contribution in [-0.4, -0.2) is 49.6 Å². The molecule has 10 heteroatoms. The maximum absolute atomic E-state index is 13.5. The SMILES string of the molecule is CCC(C)N(C1CC(=O)N(c2ccc(NC(C)=O)cc2)C1=O)S(=O)(=O)c1ccc(OC)cc1. The number of imide groups is 1. The van der Waals surface area contributed by atoms with Gasteiger partial charge in [0.15, 0.2) is 0 Å². The lowest BCUT2D eigenvalue weighted by atomic mass is 10.2. The molecule has 9 nitrogen and oxygen atoms in total. The topological polar surface area (TPSA) is 113 Å². The molecular formula is C23H27N3O6S. The standard InChI is InChI=1S/C23H27N3O6S/c1-5-15(2)26(33(30,31)20-12-10-19(32-4)11-13-20)21-14-22(28)25(23(21)29)18-8-6-17(7-9-18)24-16(3)27/h6-13,15,21H,5,14H2,1-4H3,(H,24,27). The number of sulfonamides is 1. The molecule has 0 aliphatic carbocycles. The number of methoxy groups -OCH3 is 1. The van der Waals surface area contributed by atoms with Crippen LogP contribution in [0, 0.1) is 0 Å². The first-order valence-corrected chi connectivity index (χ1v) is 12.0. The summed E-state index contributed by atoms with van der Waals surface area (Å²) >= 11 is 0. The summed E-state index contributed by atoms with van der Waals surface area (Å²) in [7, 11) is -2.59. The quantitative estimate of drug-likeness (QED) is 0.590. The summed E-state index contributed by atoms with van der Waals surface area (Å²) in [5.74, 6) is -0.839. The molecule has 0 aromatic heterocycles. The van der Waals surface area contributed by atoms with Crippen LogP contribution >= 0.6 is 0 Å². The number of benzene rings is 2. The summed E-state index contributed by atoms with van der Waals surface area (Å²) < 4.78 is 33.3. The van der Waals surface area contributed by atoms with Crippen molar-refractivity contribution in [3.8, 4) is 5.75 Å². The maximum atomic E-state index is 13.5. The normalized spacial score (nSPS) is 17.4. The highest BCUT2D eigenvalue weighted by Crippen LogP contribution is 2.32. The molecule has 0 bridgehead atoms. The highest BCUT2D eigenvalue weighted by atomic mass is 32.2. The number of ether oxygens (including phenoxy) is 1.